The lowest BCUT2D eigenvalue weighted by Crippen LogP contribution is -2.04. The van der Waals surface area contributed by atoms with E-state index in [-0.39, 0.29) is 11.3 Å². The van der Waals surface area contributed by atoms with Gasteiger partial charge in [-0.1, -0.05) is 6.07 Å². The van der Waals surface area contributed by atoms with Crippen LogP contribution in [0.15, 0.2) is 36.7 Å². The first kappa shape index (κ1) is 12.0. The topological polar surface area (TPSA) is 59.4 Å². The monoisotopic (exact) mass is 247 g/mol. The van der Waals surface area contributed by atoms with Crippen molar-refractivity contribution in [1.82, 2.24) is 4.98 Å². The molecule has 1 aromatic carbocycles. The van der Waals surface area contributed by atoms with Crippen LogP contribution < -0.4 is 0 Å². The summed E-state index contributed by atoms with van der Waals surface area (Å²) in [4.78, 5) is 15.0. The molecule has 0 atom stereocenters. The number of halogens is 1. The van der Waals surface area contributed by atoms with E-state index in [1.54, 1.807) is 6.07 Å². The first-order valence-electron chi connectivity index (χ1n) is 5.14. The third-order valence-electron chi connectivity index (χ3n) is 2.43. The molecule has 18 heavy (non-hydrogen) atoms. The van der Waals surface area contributed by atoms with Crippen LogP contribution >= 0.6 is 0 Å². The number of aromatic nitrogens is 1. The summed E-state index contributed by atoms with van der Waals surface area (Å²) in [6, 6.07) is 5.55. The number of hydrogen-bond donors (Lipinski definition) is 1. The lowest BCUT2D eigenvalue weighted by atomic mass is 10.0. The molecule has 0 saturated heterocycles. The zero-order valence-corrected chi connectivity index (χ0v) is 9.55. The van der Waals surface area contributed by atoms with E-state index >= 15 is 0 Å². The van der Waals surface area contributed by atoms with E-state index in [1.165, 1.54) is 37.7 Å². The molecule has 0 amide bonds. The number of methoxy groups -OCH3 is 1. The first-order chi connectivity index (χ1) is 8.61. The number of carbonyl (C=O) groups excluding carboxylic acids is 1. The van der Waals surface area contributed by atoms with Crippen molar-refractivity contribution in [2.24, 2.45) is 0 Å². The Bertz CT molecular complexity index is 599. The predicted octanol–water partition coefficient (Wildman–Crippen LogP) is 2.38. The predicted molar refractivity (Wildman–Crippen MR) is 62.6 cm³/mol. The first-order valence-corrected chi connectivity index (χ1v) is 5.14. The number of esters is 1. The fraction of sp³-hybridized carbons (Fsp3) is 0.0769. The van der Waals surface area contributed by atoms with Crippen molar-refractivity contribution in [1.29, 1.82) is 0 Å². The number of rotatable bonds is 2. The minimum absolute atomic E-state index is 0.00930. The van der Waals surface area contributed by atoms with Crippen molar-refractivity contribution in [3.05, 3.63) is 48.0 Å². The molecule has 0 aliphatic heterocycles. The van der Waals surface area contributed by atoms with Gasteiger partial charge in [-0.05, 0) is 23.8 Å². The van der Waals surface area contributed by atoms with Gasteiger partial charge in [0.05, 0.1) is 18.9 Å². The highest BCUT2D eigenvalue weighted by atomic mass is 19.1. The summed E-state index contributed by atoms with van der Waals surface area (Å²) < 4.78 is 18.1. The lowest BCUT2D eigenvalue weighted by Gasteiger charge is -2.05. The van der Waals surface area contributed by atoms with E-state index in [0.717, 1.165) is 0 Å². The highest BCUT2D eigenvalue weighted by Gasteiger charge is 2.13. The molecule has 0 aliphatic carbocycles. The molecule has 0 saturated carbocycles. The summed E-state index contributed by atoms with van der Waals surface area (Å²) >= 11 is 0. The number of hydrogen-bond acceptors (Lipinski definition) is 4. The molecule has 4 nitrogen and oxygen atoms in total. The van der Waals surface area contributed by atoms with Gasteiger partial charge in [0.1, 0.15) is 11.6 Å². The fourth-order valence-electron chi connectivity index (χ4n) is 1.56. The molecule has 5 heteroatoms. The summed E-state index contributed by atoms with van der Waals surface area (Å²) in [5.74, 6) is -1.42. The van der Waals surface area contributed by atoms with Crippen LogP contribution in [0.25, 0.3) is 11.1 Å². The number of nitrogens with zero attached hydrogens (tertiary/aromatic N) is 1. The summed E-state index contributed by atoms with van der Waals surface area (Å²) in [5, 5.41) is 9.29. The molecule has 1 N–H and O–H groups in total. The zero-order valence-electron chi connectivity index (χ0n) is 9.55. The maximum atomic E-state index is 13.7. The molecular formula is C13H10FNO3. The van der Waals surface area contributed by atoms with E-state index in [9.17, 15) is 14.3 Å². The van der Waals surface area contributed by atoms with Crippen molar-refractivity contribution in [3.63, 3.8) is 0 Å². The van der Waals surface area contributed by atoms with Gasteiger partial charge in [-0.3, -0.25) is 4.98 Å². The zero-order chi connectivity index (χ0) is 13.1. The average molecular weight is 247 g/mol. The van der Waals surface area contributed by atoms with Gasteiger partial charge in [0.2, 0.25) is 0 Å². The number of benzene rings is 1. The van der Waals surface area contributed by atoms with Crippen LogP contribution in [0, 0.1) is 5.82 Å². The van der Waals surface area contributed by atoms with Gasteiger partial charge in [-0.25, -0.2) is 9.18 Å². The van der Waals surface area contributed by atoms with E-state index < -0.39 is 11.8 Å². The smallest absolute Gasteiger partial charge is 0.340 e. The SMILES string of the molecule is COC(=O)c1ccc(-c2cncc(O)c2)cc1F. The third-order valence-corrected chi connectivity index (χ3v) is 2.43. The third kappa shape index (κ3) is 2.29. The Morgan fingerprint density at radius 3 is 2.67 bits per heavy atom. The van der Waals surface area contributed by atoms with Gasteiger partial charge in [-0.2, -0.15) is 0 Å². The van der Waals surface area contributed by atoms with Crippen LogP contribution in [0.1, 0.15) is 10.4 Å². The molecule has 0 bridgehead atoms. The van der Waals surface area contributed by atoms with Crippen LogP contribution in [0.2, 0.25) is 0 Å². The number of ether oxygens (including phenoxy) is 1. The van der Waals surface area contributed by atoms with E-state index in [0.29, 0.717) is 11.1 Å². The Morgan fingerprint density at radius 2 is 2.06 bits per heavy atom. The molecule has 1 aromatic heterocycles. The summed E-state index contributed by atoms with van der Waals surface area (Å²) in [6.45, 7) is 0. The van der Waals surface area contributed by atoms with Gasteiger partial charge in [0, 0.05) is 11.8 Å². The highest BCUT2D eigenvalue weighted by Crippen LogP contribution is 2.24. The van der Waals surface area contributed by atoms with Crippen LogP contribution in [0.5, 0.6) is 5.75 Å². The lowest BCUT2D eigenvalue weighted by molar-refractivity contribution is 0.0595. The Hall–Kier alpha value is -2.43. The Kier molecular flexibility index (Phi) is 3.23. The summed E-state index contributed by atoms with van der Waals surface area (Å²) in [7, 11) is 1.19. The van der Waals surface area contributed by atoms with Crippen molar-refractivity contribution in [2.75, 3.05) is 7.11 Å². The van der Waals surface area contributed by atoms with Gasteiger partial charge >= 0.3 is 5.97 Å². The normalized spacial score (nSPS) is 10.1. The Balaban J connectivity index is 2.43. The molecule has 0 aliphatic rings. The number of pyridine rings is 1. The molecular weight excluding hydrogens is 237 g/mol. The molecule has 0 spiro atoms. The van der Waals surface area contributed by atoms with Crippen LogP contribution in [-0.4, -0.2) is 23.2 Å². The molecule has 0 fully saturated rings. The second-order valence-electron chi connectivity index (χ2n) is 3.62. The van der Waals surface area contributed by atoms with Gasteiger partial charge in [0.25, 0.3) is 0 Å². The number of aromatic hydroxyl groups is 1. The standard InChI is InChI=1S/C13H10FNO3/c1-18-13(17)11-3-2-8(5-12(11)14)9-4-10(16)7-15-6-9/h2-7,16H,1H3. The Morgan fingerprint density at radius 1 is 1.28 bits per heavy atom. The minimum atomic E-state index is -0.729. The molecule has 0 unspecified atom stereocenters. The van der Waals surface area contributed by atoms with Crippen LogP contribution in [0.3, 0.4) is 0 Å². The van der Waals surface area contributed by atoms with Crippen LogP contribution in [-0.2, 0) is 4.74 Å². The largest absolute Gasteiger partial charge is 0.506 e. The van der Waals surface area contributed by atoms with Crippen molar-refractivity contribution >= 4 is 5.97 Å². The van der Waals surface area contributed by atoms with Crippen molar-refractivity contribution < 1.29 is 19.0 Å². The molecule has 0 radical (unpaired) electrons. The Labute approximate surface area is 103 Å². The minimum Gasteiger partial charge on any atom is -0.506 e. The van der Waals surface area contributed by atoms with Crippen molar-refractivity contribution in [2.45, 2.75) is 0 Å². The van der Waals surface area contributed by atoms with Gasteiger partial charge in [-0.15, -0.1) is 0 Å². The molecule has 2 rings (SSSR count). The van der Waals surface area contributed by atoms with E-state index in [4.69, 9.17) is 0 Å². The maximum Gasteiger partial charge on any atom is 0.340 e. The van der Waals surface area contributed by atoms with E-state index in [1.807, 2.05) is 0 Å². The van der Waals surface area contributed by atoms with Gasteiger partial charge in [0.15, 0.2) is 0 Å². The fourth-order valence-corrected chi connectivity index (χ4v) is 1.56. The molecule has 92 valence electrons. The molecule has 2 aromatic rings. The average Bonchev–Trinajstić information content (AvgIpc) is 2.37. The van der Waals surface area contributed by atoms with Gasteiger partial charge < -0.3 is 9.84 Å². The van der Waals surface area contributed by atoms with Crippen LogP contribution in [0.4, 0.5) is 4.39 Å². The van der Waals surface area contributed by atoms with E-state index in [2.05, 4.69) is 9.72 Å². The second-order valence-corrected chi connectivity index (χ2v) is 3.62. The summed E-state index contributed by atoms with van der Waals surface area (Å²) in [6.07, 6.45) is 2.77. The van der Waals surface area contributed by atoms with Crippen molar-refractivity contribution in [3.8, 4) is 16.9 Å². The highest BCUT2D eigenvalue weighted by molar-refractivity contribution is 5.90. The quantitative estimate of drug-likeness (QED) is 0.828. The second kappa shape index (κ2) is 4.83. The molecule has 1 heterocycles. The number of carbonyl (C=O) groups is 1. The summed E-state index contributed by atoms with van der Waals surface area (Å²) in [5.41, 5.74) is 0.947. The maximum absolute atomic E-state index is 13.7.